The van der Waals surface area contributed by atoms with Gasteiger partial charge in [0, 0.05) is 17.5 Å². The van der Waals surface area contributed by atoms with Gasteiger partial charge in [0.1, 0.15) is 5.75 Å². The Morgan fingerprint density at radius 1 is 1.15 bits per heavy atom. The van der Waals surface area contributed by atoms with E-state index in [0.29, 0.717) is 23.8 Å². The Morgan fingerprint density at radius 2 is 1.80 bits per heavy atom. The Labute approximate surface area is 123 Å². The molecule has 0 aliphatic carbocycles. The van der Waals surface area contributed by atoms with E-state index >= 15 is 0 Å². The lowest BCUT2D eigenvalue weighted by atomic mass is 9.84. The maximum absolute atomic E-state index is 5.83. The molecule has 0 bridgehead atoms. The summed E-state index contributed by atoms with van der Waals surface area (Å²) in [6, 6.07) is 8.86. The Balaban J connectivity index is 2.08. The van der Waals surface area contributed by atoms with Crippen LogP contribution in [0.15, 0.2) is 24.3 Å². The van der Waals surface area contributed by atoms with Crippen LogP contribution in [0.4, 0.5) is 0 Å². The molecule has 1 aromatic rings. The van der Waals surface area contributed by atoms with Crippen LogP contribution in [0.25, 0.3) is 0 Å². The van der Waals surface area contributed by atoms with Crippen LogP contribution < -0.4 is 10.1 Å². The average molecular weight is 275 g/mol. The number of benzene rings is 1. The summed E-state index contributed by atoms with van der Waals surface area (Å²) in [4.78, 5) is 0. The fraction of sp³-hybridized carbons (Fsp3) is 0.667. The van der Waals surface area contributed by atoms with Crippen LogP contribution in [0.1, 0.15) is 46.2 Å². The van der Waals surface area contributed by atoms with E-state index in [1.807, 2.05) is 0 Å². The number of hydrogen-bond acceptors (Lipinski definition) is 2. The minimum absolute atomic E-state index is 0.417. The summed E-state index contributed by atoms with van der Waals surface area (Å²) in [5.41, 5.74) is 1.32. The van der Waals surface area contributed by atoms with Gasteiger partial charge in [0.05, 0.1) is 6.61 Å². The van der Waals surface area contributed by atoms with Crippen LogP contribution >= 0.6 is 0 Å². The van der Waals surface area contributed by atoms with Gasteiger partial charge in [-0.3, -0.25) is 0 Å². The Bertz CT molecular complexity index is 419. The third kappa shape index (κ3) is 3.35. The quantitative estimate of drug-likeness (QED) is 0.866. The number of para-hydroxylation sites is 1. The zero-order valence-corrected chi connectivity index (χ0v) is 13.5. The number of ether oxygens (including phenoxy) is 1. The molecule has 0 amide bonds. The second-order valence-electron chi connectivity index (χ2n) is 6.86. The molecule has 20 heavy (non-hydrogen) atoms. The van der Waals surface area contributed by atoms with Crippen molar-refractivity contribution in [3.63, 3.8) is 0 Å². The minimum Gasteiger partial charge on any atom is -0.493 e. The van der Waals surface area contributed by atoms with Crippen LogP contribution in [-0.4, -0.2) is 13.2 Å². The zero-order chi connectivity index (χ0) is 14.7. The summed E-state index contributed by atoms with van der Waals surface area (Å²) in [6.45, 7) is 13.5. The van der Waals surface area contributed by atoms with Crippen LogP contribution in [-0.2, 0) is 0 Å². The van der Waals surface area contributed by atoms with Crippen LogP contribution in [0.5, 0.6) is 5.75 Å². The predicted octanol–water partition coefficient (Wildman–Crippen LogP) is 4.27. The van der Waals surface area contributed by atoms with E-state index < -0.39 is 0 Å². The summed E-state index contributed by atoms with van der Waals surface area (Å²) in [5.74, 6) is 3.72. The van der Waals surface area contributed by atoms with E-state index in [9.17, 15) is 0 Å². The standard InChI is InChI=1S/C18H29NO/c1-12(2)16(13(3)4)10-19-18-14(5)11-20-17-9-7-6-8-15(17)18/h6-9,12-14,16,18-19H,10-11H2,1-5H3. The van der Waals surface area contributed by atoms with Crippen molar-refractivity contribution in [2.24, 2.45) is 23.7 Å². The third-order valence-electron chi connectivity index (χ3n) is 4.61. The summed E-state index contributed by atoms with van der Waals surface area (Å²) in [7, 11) is 0. The monoisotopic (exact) mass is 275 g/mol. The maximum atomic E-state index is 5.83. The molecule has 1 heterocycles. The molecule has 1 aliphatic heterocycles. The highest BCUT2D eigenvalue weighted by molar-refractivity contribution is 5.37. The fourth-order valence-corrected chi connectivity index (χ4v) is 3.31. The number of fused-ring (bicyclic) bond motifs is 1. The van der Waals surface area contributed by atoms with Gasteiger partial charge in [-0.1, -0.05) is 52.8 Å². The van der Waals surface area contributed by atoms with Crippen molar-refractivity contribution in [1.82, 2.24) is 5.32 Å². The molecule has 2 rings (SSSR count). The number of nitrogens with one attached hydrogen (secondary N) is 1. The molecule has 0 radical (unpaired) electrons. The fourth-order valence-electron chi connectivity index (χ4n) is 3.31. The van der Waals surface area contributed by atoms with Gasteiger partial charge >= 0.3 is 0 Å². The molecular formula is C18H29NO. The van der Waals surface area contributed by atoms with Gasteiger partial charge in [-0.25, -0.2) is 0 Å². The third-order valence-corrected chi connectivity index (χ3v) is 4.61. The SMILES string of the molecule is CC(C)C(CNC1c2ccccc2OCC1C)C(C)C. The lowest BCUT2D eigenvalue weighted by Crippen LogP contribution is -2.38. The van der Waals surface area contributed by atoms with E-state index in [4.69, 9.17) is 4.74 Å². The van der Waals surface area contributed by atoms with Crippen molar-refractivity contribution in [3.8, 4) is 5.75 Å². The zero-order valence-electron chi connectivity index (χ0n) is 13.5. The molecule has 0 spiro atoms. The second kappa shape index (κ2) is 6.62. The average Bonchev–Trinajstić information content (AvgIpc) is 2.40. The molecule has 0 aromatic heterocycles. The Hall–Kier alpha value is -1.02. The smallest absolute Gasteiger partial charge is 0.124 e. The van der Waals surface area contributed by atoms with Crippen LogP contribution in [0, 0.1) is 23.7 Å². The summed E-state index contributed by atoms with van der Waals surface area (Å²) in [5, 5.41) is 3.81. The lowest BCUT2D eigenvalue weighted by molar-refractivity contribution is 0.174. The topological polar surface area (TPSA) is 21.3 Å². The van der Waals surface area contributed by atoms with Crippen molar-refractivity contribution in [2.45, 2.75) is 40.7 Å². The second-order valence-corrected chi connectivity index (χ2v) is 6.86. The molecule has 1 aliphatic rings. The van der Waals surface area contributed by atoms with Crippen LogP contribution in [0.2, 0.25) is 0 Å². The highest BCUT2D eigenvalue weighted by atomic mass is 16.5. The highest BCUT2D eigenvalue weighted by Crippen LogP contribution is 2.35. The van der Waals surface area contributed by atoms with Crippen molar-refractivity contribution in [2.75, 3.05) is 13.2 Å². The van der Waals surface area contributed by atoms with Crippen molar-refractivity contribution < 1.29 is 4.74 Å². The first kappa shape index (κ1) is 15.4. The first-order valence-electron chi connectivity index (χ1n) is 7.95. The van der Waals surface area contributed by atoms with Gasteiger partial charge in [-0.15, -0.1) is 0 Å². The van der Waals surface area contributed by atoms with Crippen molar-refractivity contribution >= 4 is 0 Å². The Kier molecular flexibility index (Phi) is 5.09. The van der Waals surface area contributed by atoms with Gasteiger partial charge in [0.2, 0.25) is 0 Å². The molecule has 112 valence electrons. The first-order chi connectivity index (χ1) is 9.50. The predicted molar refractivity (Wildman–Crippen MR) is 85.0 cm³/mol. The number of rotatable bonds is 5. The minimum atomic E-state index is 0.417. The number of hydrogen-bond donors (Lipinski definition) is 1. The molecule has 2 atom stereocenters. The molecule has 1 N–H and O–H groups in total. The lowest BCUT2D eigenvalue weighted by Gasteiger charge is -2.35. The highest BCUT2D eigenvalue weighted by Gasteiger charge is 2.28. The van der Waals surface area contributed by atoms with Gasteiger partial charge in [0.15, 0.2) is 0 Å². The Morgan fingerprint density at radius 3 is 2.45 bits per heavy atom. The van der Waals surface area contributed by atoms with Crippen molar-refractivity contribution in [3.05, 3.63) is 29.8 Å². The van der Waals surface area contributed by atoms with Crippen LogP contribution in [0.3, 0.4) is 0 Å². The van der Waals surface area contributed by atoms with E-state index in [-0.39, 0.29) is 0 Å². The van der Waals surface area contributed by atoms with Gasteiger partial charge in [0.25, 0.3) is 0 Å². The molecule has 0 saturated heterocycles. The summed E-state index contributed by atoms with van der Waals surface area (Å²) >= 11 is 0. The normalized spacial score (nSPS) is 22.2. The van der Waals surface area contributed by atoms with E-state index in [2.05, 4.69) is 64.2 Å². The first-order valence-corrected chi connectivity index (χ1v) is 7.95. The van der Waals surface area contributed by atoms with E-state index in [1.54, 1.807) is 0 Å². The molecule has 0 fully saturated rings. The molecular weight excluding hydrogens is 246 g/mol. The van der Waals surface area contributed by atoms with E-state index in [0.717, 1.165) is 24.8 Å². The largest absolute Gasteiger partial charge is 0.493 e. The molecule has 2 nitrogen and oxygen atoms in total. The van der Waals surface area contributed by atoms with Gasteiger partial charge in [-0.2, -0.15) is 0 Å². The van der Waals surface area contributed by atoms with Crippen molar-refractivity contribution in [1.29, 1.82) is 0 Å². The molecule has 0 saturated carbocycles. The molecule has 1 aromatic carbocycles. The maximum Gasteiger partial charge on any atom is 0.124 e. The molecule has 2 unspecified atom stereocenters. The van der Waals surface area contributed by atoms with Gasteiger partial charge in [-0.05, 0) is 30.4 Å². The summed E-state index contributed by atoms with van der Waals surface area (Å²) in [6.07, 6.45) is 0. The van der Waals surface area contributed by atoms with E-state index in [1.165, 1.54) is 5.56 Å². The summed E-state index contributed by atoms with van der Waals surface area (Å²) < 4.78 is 5.83. The molecule has 2 heteroatoms. The van der Waals surface area contributed by atoms with Gasteiger partial charge < -0.3 is 10.1 Å².